The molecule has 2 aliphatic carbocycles. The summed E-state index contributed by atoms with van der Waals surface area (Å²) in [4.78, 5) is 22.8. The molecule has 5 rings (SSSR count). The van der Waals surface area contributed by atoms with Gasteiger partial charge in [0.2, 0.25) is 0 Å². The molecule has 31 heavy (non-hydrogen) atoms. The Labute approximate surface area is 181 Å². The Morgan fingerprint density at radius 3 is 2.65 bits per heavy atom. The number of allylic oxidation sites excluding steroid dienone is 1. The first-order valence-electron chi connectivity index (χ1n) is 10.6. The molecule has 3 aromatic rings. The van der Waals surface area contributed by atoms with Gasteiger partial charge in [0, 0.05) is 28.0 Å². The van der Waals surface area contributed by atoms with E-state index in [0.717, 1.165) is 47.2 Å². The Bertz CT molecular complexity index is 1180. The van der Waals surface area contributed by atoms with Crippen molar-refractivity contribution >= 4 is 5.78 Å². The molecular formula is C25H24N4O2. The normalized spacial score (nSPS) is 26.4. The Hall–Kier alpha value is -3.41. The molecule has 1 N–H and O–H groups in total. The number of hydrogen-bond acceptors (Lipinski definition) is 6. The van der Waals surface area contributed by atoms with E-state index in [-0.39, 0.29) is 17.6 Å². The van der Waals surface area contributed by atoms with Crippen LogP contribution in [0.15, 0.2) is 60.6 Å². The average Bonchev–Trinajstić information content (AvgIpc) is 2.81. The van der Waals surface area contributed by atoms with Crippen LogP contribution in [0.1, 0.15) is 42.4 Å². The number of rotatable bonds is 2. The topological polar surface area (TPSA) is 88.9 Å². The van der Waals surface area contributed by atoms with E-state index >= 15 is 0 Å². The summed E-state index contributed by atoms with van der Waals surface area (Å²) in [5.74, 6) is 0.602. The van der Waals surface area contributed by atoms with Crippen molar-refractivity contribution in [3.8, 4) is 11.3 Å². The van der Waals surface area contributed by atoms with E-state index in [2.05, 4.69) is 22.3 Å². The molecule has 0 saturated heterocycles. The molecule has 0 spiro atoms. The van der Waals surface area contributed by atoms with Gasteiger partial charge in [0.25, 0.3) is 0 Å². The first-order chi connectivity index (χ1) is 15.1. The van der Waals surface area contributed by atoms with E-state index in [1.807, 2.05) is 38.1 Å². The molecule has 2 aliphatic rings. The van der Waals surface area contributed by atoms with Crippen LogP contribution >= 0.6 is 0 Å². The van der Waals surface area contributed by atoms with Crippen LogP contribution < -0.4 is 0 Å². The van der Waals surface area contributed by atoms with E-state index in [9.17, 15) is 9.90 Å². The van der Waals surface area contributed by atoms with Crippen LogP contribution in [0.3, 0.4) is 0 Å². The lowest BCUT2D eigenvalue weighted by molar-refractivity contribution is -0.123. The zero-order chi connectivity index (χ0) is 21.6. The van der Waals surface area contributed by atoms with E-state index < -0.39 is 5.41 Å². The number of aliphatic hydroxyl groups excluding tert-OH is 1. The fourth-order valence-corrected chi connectivity index (χ4v) is 5.64. The molecule has 156 valence electrons. The van der Waals surface area contributed by atoms with Gasteiger partial charge in [-0.1, -0.05) is 37.3 Å². The van der Waals surface area contributed by atoms with Crippen LogP contribution in [-0.4, -0.2) is 31.1 Å². The lowest BCUT2D eigenvalue weighted by atomic mass is 9.52. The van der Waals surface area contributed by atoms with Gasteiger partial charge >= 0.3 is 0 Å². The van der Waals surface area contributed by atoms with Crippen molar-refractivity contribution in [2.45, 2.75) is 38.5 Å². The number of Topliss-reactive ketones (excluding diaryl/α,β-unsaturated/α-hetero) is 1. The van der Waals surface area contributed by atoms with Gasteiger partial charge in [0.1, 0.15) is 5.82 Å². The summed E-state index contributed by atoms with van der Waals surface area (Å²) in [6.07, 6.45) is 6.48. The fraction of sp³-hybridized carbons (Fsp3) is 0.320. The highest BCUT2D eigenvalue weighted by atomic mass is 16.2. The summed E-state index contributed by atoms with van der Waals surface area (Å²) in [5.41, 5.74) is 4.94. The maximum absolute atomic E-state index is 13.0. The Morgan fingerprint density at radius 1 is 1.13 bits per heavy atom. The molecule has 0 bridgehead atoms. The second-order valence-electron chi connectivity index (χ2n) is 8.54. The standard InChI is InChI=1S/C25H24N4O2/c1-15-21-9-8-20-22(17-10-11-26-27-13-17)28-16(2)29-24(20)25(21,12-18(14-30)23(15)31)19-6-4-3-5-7-19/h3-7,10-11,13-15,21,30H,8-9,12H2,1-2H3/b18-14-/t15-,21-,25+/m0/s1. The highest BCUT2D eigenvalue weighted by molar-refractivity contribution is 5.98. The summed E-state index contributed by atoms with van der Waals surface area (Å²) >= 11 is 0. The van der Waals surface area contributed by atoms with E-state index in [1.165, 1.54) is 0 Å². The number of carbonyl (C=O) groups excluding carboxylic acids is 1. The highest BCUT2D eigenvalue weighted by Crippen LogP contribution is 2.56. The van der Waals surface area contributed by atoms with Gasteiger partial charge in [-0.3, -0.25) is 4.79 Å². The minimum atomic E-state index is -0.500. The lowest BCUT2D eigenvalue weighted by Gasteiger charge is -2.51. The molecule has 2 aromatic heterocycles. The van der Waals surface area contributed by atoms with Gasteiger partial charge in [-0.2, -0.15) is 10.2 Å². The Morgan fingerprint density at radius 2 is 1.94 bits per heavy atom. The van der Waals surface area contributed by atoms with Gasteiger partial charge in [0.15, 0.2) is 5.78 Å². The maximum atomic E-state index is 13.0. The van der Waals surface area contributed by atoms with Gasteiger partial charge in [0.05, 0.1) is 30.0 Å². The molecule has 6 nitrogen and oxygen atoms in total. The Kier molecular flexibility index (Phi) is 4.65. The number of hydrogen-bond donors (Lipinski definition) is 1. The van der Waals surface area contributed by atoms with Crippen LogP contribution in [0.2, 0.25) is 0 Å². The van der Waals surface area contributed by atoms with Crippen LogP contribution in [0, 0.1) is 18.8 Å². The maximum Gasteiger partial charge on any atom is 0.165 e. The summed E-state index contributed by atoms with van der Waals surface area (Å²) in [6, 6.07) is 12.2. The molecule has 0 radical (unpaired) electrons. The molecule has 2 heterocycles. The molecule has 6 heteroatoms. The fourth-order valence-electron chi connectivity index (χ4n) is 5.64. The van der Waals surface area contributed by atoms with E-state index in [0.29, 0.717) is 17.8 Å². The van der Waals surface area contributed by atoms with Crippen LogP contribution in [0.5, 0.6) is 0 Å². The molecule has 0 amide bonds. The van der Waals surface area contributed by atoms with E-state index in [4.69, 9.17) is 9.97 Å². The third kappa shape index (κ3) is 2.89. The summed E-state index contributed by atoms with van der Waals surface area (Å²) in [7, 11) is 0. The number of nitrogens with zero attached hydrogens (tertiary/aromatic N) is 4. The predicted octanol–water partition coefficient (Wildman–Crippen LogP) is 4.14. The second-order valence-corrected chi connectivity index (χ2v) is 8.54. The molecular weight excluding hydrogens is 388 g/mol. The summed E-state index contributed by atoms with van der Waals surface area (Å²) in [5, 5.41) is 17.9. The smallest absolute Gasteiger partial charge is 0.165 e. The predicted molar refractivity (Wildman–Crippen MR) is 116 cm³/mol. The lowest BCUT2D eigenvalue weighted by Crippen LogP contribution is -2.51. The van der Waals surface area contributed by atoms with E-state index in [1.54, 1.807) is 12.4 Å². The number of ketones is 1. The number of aryl methyl sites for hydroxylation is 1. The quantitative estimate of drug-likeness (QED) is 0.503. The van der Waals surface area contributed by atoms with Gasteiger partial charge in [-0.15, -0.1) is 0 Å². The number of aromatic nitrogens is 4. The van der Waals surface area contributed by atoms with Crippen LogP contribution in [0.25, 0.3) is 11.3 Å². The van der Waals surface area contributed by atoms with Gasteiger partial charge in [-0.25, -0.2) is 9.97 Å². The van der Waals surface area contributed by atoms with Gasteiger partial charge < -0.3 is 5.11 Å². The number of aliphatic hydroxyl groups is 1. The zero-order valence-electron chi connectivity index (χ0n) is 17.6. The number of benzene rings is 1. The number of carbonyl (C=O) groups is 1. The van der Waals surface area contributed by atoms with Crippen LogP contribution in [-0.2, 0) is 16.6 Å². The molecule has 0 unspecified atom stereocenters. The number of fused-ring (bicyclic) bond motifs is 3. The van der Waals surface area contributed by atoms with Crippen molar-refractivity contribution in [1.82, 2.24) is 20.2 Å². The zero-order valence-corrected chi connectivity index (χ0v) is 17.6. The summed E-state index contributed by atoms with van der Waals surface area (Å²) < 4.78 is 0. The largest absolute Gasteiger partial charge is 0.515 e. The summed E-state index contributed by atoms with van der Waals surface area (Å²) in [6.45, 7) is 3.89. The average molecular weight is 412 g/mol. The first kappa shape index (κ1) is 19.5. The second kappa shape index (κ2) is 7.38. The molecule has 1 aromatic carbocycles. The molecule has 0 aliphatic heterocycles. The van der Waals surface area contributed by atoms with Crippen molar-refractivity contribution in [1.29, 1.82) is 0 Å². The molecule has 1 fully saturated rings. The SMILES string of the molecule is Cc1nc(-c2ccnnc2)c2c(n1)[C@@]1(c3ccccc3)C/C(=C/O)C(=O)[C@@H](C)[C@@H]1CC2. The Balaban J connectivity index is 1.84. The minimum absolute atomic E-state index is 0.0341. The molecule has 3 atom stereocenters. The third-order valence-corrected chi connectivity index (χ3v) is 6.99. The van der Waals surface area contributed by atoms with Crippen molar-refractivity contribution in [3.63, 3.8) is 0 Å². The third-order valence-electron chi connectivity index (χ3n) is 6.99. The van der Waals surface area contributed by atoms with Gasteiger partial charge in [-0.05, 0) is 43.7 Å². The molecule has 1 saturated carbocycles. The monoisotopic (exact) mass is 412 g/mol. The minimum Gasteiger partial charge on any atom is -0.515 e. The van der Waals surface area contributed by atoms with Crippen LogP contribution in [0.4, 0.5) is 0 Å². The van der Waals surface area contributed by atoms with Crippen molar-refractivity contribution in [2.75, 3.05) is 0 Å². The van der Waals surface area contributed by atoms with Crippen molar-refractivity contribution in [3.05, 3.63) is 83.3 Å². The first-order valence-corrected chi connectivity index (χ1v) is 10.6. The van der Waals surface area contributed by atoms with Crippen molar-refractivity contribution < 1.29 is 9.90 Å². The highest BCUT2D eigenvalue weighted by Gasteiger charge is 2.55. The van der Waals surface area contributed by atoms with Crippen molar-refractivity contribution in [2.24, 2.45) is 11.8 Å².